The minimum absolute atomic E-state index is 0.848. The van der Waals surface area contributed by atoms with E-state index in [0.717, 1.165) is 47.5 Å². The summed E-state index contributed by atoms with van der Waals surface area (Å²) in [6.45, 7) is 6.49. The lowest BCUT2D eigenvalue weighted by Crippen LogP contribution is -2.34. The van der Waals surface area contributed by atoms with Gasteiger partial charge in [0.1, 0.15) is 11.5 Å². The van der Waals surface area contributed by atoms with Crippen molar-refractivity contribution in [2.45, 2.75) is 104 Å². The van der Waals surface area contributed by atoms with Gasteiger partial charge in [-0.25, -0.2) is 0 Å². The van der Waals surface area contributed by atoms with Gasteiger partial charge in [-0.2, -0.15) is 9.13 Å². The Morgan fingerprint density at radius 1 is 0.429 bits per heavy atom. The number of unbranched alkanes of at least 4 members (excludes halogenated alkanes) is 10. The van der Waals surface area contributed by atoms with Crippen LogP contribution in [0.4, 0.5) is 0 Å². The van der Waals surface area contributed by atoms with Gasteiger partial charge in [-0.1, -0.05) is 89.5 Å². The highest BCUT2D eigenvalue weighted by molar-refractivity contribution is 5.65. The molecule has 4 heteroatoms. The number of ether oxygens (including phenoxy) is 2. The largest absolute Gasteiger partial charge is 0.405 e. The quantitative estimate of drug-likeness (QED) is 0.0833. The molecule has 0 fully saturated rings. The number of benzene rings is 2. The van der Waals surface area contributed by atoms with Crippen LogP contribution in [-0.4, -0.2) is 0 Å². The molecule has 0 spiro atoms. The van der Waals surface area contributed by atoms with E-state index in [1.54, 1.807) is 0 Å². The number of hydrogen-bond acceptors (Lipinski definition) is 2. The van der Waals surface area contributed by atoms with Crippen LogP contribution < -0.4 is 18.6 Å². The molecule has 0 aliphatic carbocycles. The maximum Gasteiger partial charge on any atom is 0.373 e. The molecule has 2 aromatic heterocycles. The fourth-order valence-corrected chi connectivity index (χ4v) is 5.27. The van der Waals surface area contributed by atoms with E-state index in [-0.39, 0.29) is 0 Å². The molecule has 0 N–H and O–H groups in total. The smallest absolute Gasteiger partial charge is 0.373 e. The van der Waals surface area contributed by atoms with E-state index in [2.05, 4.69) is 96.0 Å². The molecule has 0 amide bonds. The van der Waals surface area contributed by atoms with E-state index in [1.165, 1.54) is 77.0 Å². The van der Waals surface area contributed by atoms with Crippen LogP contribution in [0.2, 0.25) is 0 Å². The summed E-state index contributed by atoms with van der Waals surface area (Å²) in [5.41, 5.74) is 2.31. The summed E-state index contributed by atoms with van der Waals surface area (Å²) < 4.78 is 17.0. The molecular weight excluding hydrogens is 516 g/mol. The third-order valence-electron chi connectivity index (χ3n) is 7.79. The average Bonchev–Trinajstić information content (AvgIpc) is 3.03. The molecule has 2 heterocycles. The number of nitrogens with zero attached hydrogens (tertiary/aromatic N) is 2. The van der Waals surface area contributed by atoms with Crippen molar-refractivity contribution in [3.8, 4) is 34.4 Å². The first-order chi connectivity index (χ1) is 20.8. The number of rotatable bonds is 19. The summed E-state index contributed by atoms with van der Waals surface area (Å²) in [4.78, 5) is 0. The number of hydrogen-bond donors (Lipinski definition) is 0. The maximum absolute atomic E-state index is 6.29. The maximum atomic E-state index is 6.29. The van der Waals surface area contributed by atoms with Gasteiger partial charge >= 0.3 is 11.8 Å². The van der Waals surface area contributed by atoms with Gasteiger partial charge in [-0.05, 0) is 60.4 Å². The van der Waals surface area contributed by atoms with Gasteiger partial charge in [-0.15, -0.1) is 0 Å². The molecule has 42 heavy (non-hydrogen) atoms. The summed E-state index contributed by atoms with van der Waals surface area (Å²) >= 11 is 0. The molecule has 4 nitrogen and oxygen atoms in total. The van der Waals surface area contributed by atoms with E-state index in [1.807, 2.05) is 24.3 Å². The summed E-state index contributed by atoms with van der Waals surface area (Å²) in [5.74, 6) is 3.46. The average molecular weight is 567 g/mol. The van der Waals surface area contributed by atoms with Crippen molar-refractivity contribution in [3.63, 3.8) is 0 Å². The zero-order chi connectivity index (χ0) is 29.2. The van der Waals surface area contributed by atoms with Gasteiger partial charge in [0.05, 0.1) is 12.1 Å². The Morgan fingerprint density at radius 3 is 1.21 bits per heavy atom. The molecular formula is C38H50N2O2+2. The molecule has 0 atom stereocenters. The minimum atomic E-state index is 0.848. The summed E-state index contributed by atoms with van der Waals surface area (Å²) in [6, 6.07) is 29.0. The van der Waals surface area contributed by atoms with Crippen molar-refractivity contribution < 1.29 is 18.6 Å². The molecule has 222 valence electrons. The second kappa shape index (κ2) is 18.0. The Hall–Kier alpha value is -3.66. The van der Waals surface area contributed by atoms with E-state index in [9.17, 15) is 0 Å². The summed E-state index contributed by atoms with van der Waals surface area (Å²) in [6.07, 6.45) is 19.7. The van der Waals surface area contributed by atoms with Crippen molar-refractivity contribution in [3.05, 3.63) is 97.3 Å². The normalized spacial score (nSPS) is 11.0. The van der Waals surface area contributed by atoms with Gasteiger partial charge in [0, 0.05) is 25.0 Å². The molecule has 0 unspecified atom stereocenters. The van der Waals surface area contributed by atoms with Crippen molar-refractivity contribution in [2.75, 3.05) is 0 Å². The van der Waals surface area contributed by atoms with E-state index in [0.29, 0.717) is 0 Å². The van der Waals surface area contributed by atoms with Gasteiger partial charge in [0.15, 0.2) is 25.5 Å². The van der Waals surface area contributed by atoms with Gasteiger partial charge in [0.25, 0.3) is 0 Å². The van der Waals surface area contributed by atoms with Crippen molar-refractivity contribution >= 4 is 0 Å². The summed E-state index contributed by atoms with van der Waals surface area (Å²) in [5, 5.41) is 0. The molecule has 0 bridgehead atoms. The minimum Gasteiger partial charge on any atom is -0.405 e. The van der Waals surface area contributed by atoms with Crippen LogP contribution in [0.5, 0.6) is 23.3 Å². The molecule has 0 aliphatic heterocycles. The Bertz CT molecular complexity index is 1200. The van der Waals surface area contributed by atoms with Gasteiger partial charge in [0.2, 0.25) is 0 Å². The Kier molecular flexibility index (Phi) is 13.4. The first-order valence-electron chi connectivity index (χ1n) is 16.3. The van der Waals surface area contributed by atoms with Crippen LogP contribution in [0.3, 0.4) is 0 Å². The highest BCUT2D eigenvalue weighted by Crippen LogP contribution is 2.27. The van der Waals surface area contributed by atoms with Crippen molar-refractivity contribution in [1.82, 2.24) is 0 Å². The SMILES string of the molecule is CCCCCCCC[n+]1ccccc1Oc1ccc(-c2ccc(Oc3cccc[n+]3CCCCCCCC)cc2)cc1. The molecule has 0 radical (unpaired) electrons. The molecule has 0 saturated carbocycles. The number of aryl methyl sites for hydroxylation is 2. The Labute approximate surface area is 254 Å². The first kappa shape index (κ1) is 31.3. The predicted octanol–water partition coefficient (Wildman–Crippen LogP) is 10.2. The third-order valence-corrected chi connectivity index (χ3v) is 7.79. The fourth-order valence-electron chi connectivity index (χ4n) is 5.27. The van der Waals surface area contributed by atoms with Crippen LogP contribution in [0.1, 0.15) is 90.9 Å². The van der Waals surface area contributed by atoms with Crippen LogP contribution in [0.25, 0.3) is 11.1 Å². The van der Waals surface area contributed by atoms with Crippen LogP contribution in [0, 0.1) is 0 Å². The van der Waals surface area contributed by atoms with E-state index >= 15 is 0 Å². The predicted molar refractivity (Wildman–Crippen MR) is 172 cm³/mol. The number of aromatic nitrogens is 2. The molecule has 4 aromatic rings. The van der Waals surface area contributed by atoms with E-state index < -0.39 is 0 Å². The lowest BCUT2D eigenvalue weighted by Gasteiger charge is -2.08. The Morgan fingerprint density at radius 2 is 0.810 bits per heavy atom. The van der Waals surface area contributed by atoms with Crippen molar-refractivity contribution in [1.29, 1.82) is 0 Å². The van der Waals surface area contributed by atoms with Crippen LogP contribution >= 0.6 is 0 Å². The Balaban J connectivity index is 1.30. The second-order valence-corrected chi connectivity index (χ2v) is 11.3. The van der Waals surface area contributed by atoms with Gasteiger partial charge in [-0.3, -0.25) is 0 Å². The first-order valence-corrected chi connectivity index (χ1v) is 16.3. The highest BCUT2D eigenvalue weighted by Gasteiger charge is 2.13. The molecule has 4 rings (SSSR count). The zero-order valence-corrected chi connectivity index (χ0v) is 25.8. The highest BCUT2D eigenvalue weighted by atomic mass is 16.5. The fraction of sp³-hybridized carbons (Fsp3) is 0.421. The van der Waals surface area contributed by atoms with Crippen LogP contribution in [-0.2, 0) is 13.1 Å². The number of pyridine rings is 2. The standard InChI is InChI=1S/C38H50N2O2/c1-3-5-7-9-11-15-29-39-31-17-13-19-37(39)41-35-25-21-33(22-26-35)34-23-27-36(28-24-34)42-38-20-14-18-32-40(38)30-16-12-10-8-6-4-2/h13-14,17-28,31-32H,3-12,15-16,29-30H2,1-2H3/q+2. The second-order valence-electron chi connectivity index (χ2n) is 11.3. The zero-order valence-electron chi connectivity index (χ0n) is 25.8. The monoisotopic (exact) mass is 566 g/mol. The summed E-state index contributed by atoms with van der Waals surface area (Å²) in [7, 11) is 0. The van der Waals surface area contributed by atoms with E-state index in [4.69, 9.17) is 9.47 Å². The van der Waals surface area contributed by atoms with Gasteiger partial charge < -0.3 is 9.47 Å². The lowest BCUT2D eigenvalue weighted by atomic mass is 10.1. The van der Waals surface area contributed by atoms with Crippen LogP contribution in [0.15, 0.2) is 97.3 Å². The molecule has 0 saturated heterocycles. The topological polar surface area (TPSA) is 26.2 Å². The molecule has 2 aromatic carbocycles. The lowest BCUT2D eigenvalue weighted by molar-refractivity contribution is -0.701. The molecule has 0 aliphatic rings. The third kappa shape index (κ3) is 10.3. The van der Waals surface area contributed by atoms with Crippen molar-refractivity contribution in [2.24, 2.45) is 0 Å².